The first-order valence-electron chi connectivity index (χ1n) is 6.03. The van der Waals surface area contributed by atoms with E-state index in [1.54, 1.807) is 16.5 Å². The van der Waals surface area contributed by atoms with Crippen molar-refractivity contribution in [3.63, 3.8) is 0 Å². The molecule has 0 bridgehead atoms. The molecule has 2 heterocycles. The molecule has 0 radical (unpaired) electrons. The van der Waals surface area contributed by atoms with Crippen LogP contribution in [-0.2, 0) is 23.2 Å². The van der Waals surface area contributed by atoms with Crippen LogP contribution in [0.15, 0.2) is 12.3 Å². The third-order valence-corrected chi connectivity index (χ3v) is 3.34. The maximum absolute atomic E-state index is 12.3. The van der Waals surface area contributed by atoms with Gasteiger partial charge >= 0.3 is 0 Å². The van der Waals surface area contributed by atoms with Crippen LogP contribution in [0, 0.1) is 0 Å². The average Bonchev–Trinajstić information content (AvgIpc) is 2.71. The number of hydrogen-bond acceptors (Lipinski definition) is 3. The van der Waals surface area contributed by atoms with E-state index in [1.165, 1.54) is 0 Å². The molecular weight excluding hydrogens is 232 g/mol. The summed E-state index contributed by atoms with van der Waals surface area (Å²) in [4.78, 5) is 25.5. The van der Waals surface area contributed by atoms with Crippen molar-refractivity contribution in [2.24, 2.45) is 7.05 Å². The topological polar surface area (TPSA) is 67.2 Å². The van der Waals surface area contributed by atoms with Crippen LogP contribution in [0.25, 0.3) is 0 Å². The SMILES string of the molecule is CCC1(C)NC(=O)CN(Cc2ccn(C)n2)C1=O. The maximum atomic E-state index is 12.3. The van der Waals surface area contributed by atoms with Crippen LogP contribution in [0.4, 0.5) is 0 Å². The number of nitrogens with zero attached hydrogens (tertiary/aromatic N) is 3. The third kappa shape index (κ3) is 2.23. The number of aromatic nitrogens is 2. The van der Waals surface area contributed by atoms with Gasteiger partial charge in [-0.2, -0.15) is 5.10 Å². The molecule has 1 aliphatic rings. The molecule has 0 saturated carbocycles. The molecule has 1 N–H and O–H groups in total. The highest BCUT2D eigenvalue weighted by Crippen LogP contribution is 2.19. The average molecular weight is 250 g/mol. The van der Waals surface area contributed by atoms with Crippen LogP contribution in [0.2, 0.25) is 0 Å². The summed E-state index contributed by atoms with van der Waals surface area (Å²) in [6.45, 7) is 4.13. The Bertz CT molecular complexity index is 482. The Morgan fingerprint density at radius 3 is 2.78 bits per heavy atom. The molecule has 0 aliphatic carbocycles. The van der Waals surface area contributed by atoms with E-state index in [1.807, 2.05) is 26.2 Å². The molecule has 6 nitrogen and oxygen atoms in total. The van der Waals surface area contributed by atoms with E-state index in [0.29, 0.717) is 13.0 Å². The minimum Gasteiger partial charge on any atom is -0.340 e. The van der Waals surface area contributed by atoms with Gasteiger partial charge in [-0.15, -0.1) is 0 Å². The minimum absolute atomic E-state index is 0.0461. The fourth-order valence-electron chi connectivity index (χ4n) is 2.11. The normalized spacial score (nSPS) is 24.3. The second-order valence-corrected chi connectivity index (χ2v) is 4.88. The summed E-state index contributed by atoms with van der Waals surface area (Å²) in [5.41, 5.74) is 0.00316. The van der Waals surface area contributed by atoms with Crippen LogP contribution >= 0.6 is 0 Å². The van der Waals surface area contributed by atoms with E-state index in [9.17, 15) is 9.59 Å². The first kappa shape index (κ1) is 12.6. The summed E-state index contributed by atoms with van der Waals surface area (Å²) >= 11 is 0. The Hall–Kier alpha value is -1.85. The Balaban J connectivity index is 2.17. The number of rotatable bonds is 3. The molecule has 2 amide bonds. The van der Waals surface area contributed by atoms with Crippen LogP contribution in [0.5, 0.6) is 0 Å². The van der Waals surface area contributed by atoms with Gasteiger partial charge in [-0.25, -0.2) is 0 Å². The number of aryl methyl sites for hydroxylation is 1. The van der Waals surface area contributed by atoms with E-state index >= 15 is 0 Å². The highest BCUT2D eigenvalue weighted by molar-refractivity contribution is 5.97. The Labute approximate surface area is 106 Å². The smallest absolute Gasteiger partial charge is 0.248 e. The summed E-state index contributed by atoms with van der Waals surface area (Å²) in [5.74, 6) is -0.162. The quantitative estimate of drug-likeness (QED) is 0.824. The van der Waals surface area contributed by atoms with Gasteiger partial charge in [-0.05, 0) is 19.4 Å². The number of amides is 2. The molecule has 1 fully saturated rings. The van der Waals surface area contributed by atoms with Crippen LogP contribution in [0.1, 0.15) is 26.0 Å². The van der Waals surface area contributed by atoms with Crippen molar-refractivity contribution in [3.8, 4) is 0 Å². The van der Waals surface area contributed by atoms with Crippen molar-refractivity contribution in [1.29, 1.82) is 0 Å². The van der Waals surface area contributed by atoms with E-state index in [4.69, 9.17) is 0 Å². The van der Waals surface area contributed by atoms with Gasteiger partial charge in [0.25, 0.3) is 0 Å². The zero-order valence-corrected chi connectivity index (χ0v) is 10.9. The minimum atomic E-state index is -0.788. The summed E-state index contributed by atoms with van der Waals surface area (Å²) in [7, 11) is 1.82. The summed E-state index contributed by atoms with van der Waals surface area (Å²) in [6.07, 6.45) is 2.40. The van der Waals surface area contributed by atoms with Gasteiger partial charge < -0.3 is 10.2 Å². The van der Waals surface area contributed by atoms with Crippen molar-refractivity contribution in [2.45, 2.75) is 32.4 Å². The molecule has 1 unspecified atom stereocenters. The van der Waals surface area contributed by atoms with Crippen LogP contribution in [0.3, 0.4) is 0 Å². The first-order valence-corrected chi connectivity index (χ1v) is 6.03. The number of carbonyl (C=O) groups is 2. The van der Waals surface area contributed by atoms with Gasteiger partial charge in [0.05, 0.1) is 12.2 Å². The van der Waals surface area contributed by atoms with E-state index in [2.05, 4.69) is 10.4 Å². The second kappa shape index (κ2) is 4.44. The molecule has 98 valence electrons. The van der Waals surface area contributed by atoms with Gasteiger partial charge in [-0.3, -0.25) is 14.3 Å². The lowest BCUT2D eigenvalue weighted by molar-refractivity contribution is -0.150. The van der Waals surface area contributed by atoms with Gasteiger partial charge in [0, 0.05) is 13.2 Å². The molecule has 0 aromatic carbocycles. The third-order valence-electron chi connectivity index (χ3n) is 3.34. The molecular formula is C12H18N4O2. The predicted octanol–water partition coefficient (Wildman–Crippen LogP) is 0.0472. The second-order valence-electron chi connectivity index (χ2n) is 4.88. The van der Waals surface area contributed by atoms with E-state index in [-0.39, 0.29) is 18.4 Å². The summed E-state index contributed by atoms with van der Waals surface area (Å²) in [5, 5.41) is 6.99. The zero-order chi connectivity index (χ0) is 13.3. The molecule has 0 spiro atoms. The van der Waals surface area contributed by atoms with Crippen molar-refractivity contribution in [1.82, 2.24) is 20.0 Å². The lowest BCUT2D eigenvalue weighted by Crippen LogP contribution is -2.64. The lowest BCUT2D eigenvalue weighted by Gasteiger charge is -2.38. The highest BCUT2D eigenvalue weighted by atomic mass is 16.2. The number of piperazine rings is 1. The summed E-state index contributed by atoms with van der Waals surface area (Å²) in [6, 6.07) is 1.85. The predicted molar refractivity (Wildman–Crippen MR) is 65.5 cm³/mol. The molecule has 1 aromatic heterocycles. The lowest BCUT2D eigenvalue weighted by atomic mass is 9.94. The molecule has 6 heteroatoms. The standard InChI is InChI=1S/C12H18N4O2/c1-4-12(2)11(18)16(8-10(17)13-12)7-9-5-6-15(3)14-9/h5-6H,4,7-8H2,1-3H3,(H,13,17). The van der Waals surface area contributed by atoms with Crippen molar-refractivity contribution in [3.05, 3.63) is 18.0 Å². The van der Waals surface area contributed by atoms with Gasteiger partial charge in [0.15, 0.2) is 0 Å². The van der Waals surface area contributed by atoms with Crippen LogP contribution < -0.4 is 5.32 Å². The largest absolute Gasteiger partial charge is 0.340 e. The van der Waals surface area contributed by atoms with Crippen molar-refractivity contribution < 1.29 is 9.59 Å². The number of carbonyl (C=O) groups excluding carboxylic acids is 2. The summed E-state index contributed by atoms with van der Waals surface area (Å²) < 4.78 is 1.68. The molecule has 1 saturated heterocycles. The fourth-order valence-corrected chi connectivity index (χ4v) is 2.11. The van der Waals surface area contributed by atoms with Crippen molar-refractivity contribution in [2.75, 3.05) is 6.54 Å². The maximum Gasteiger partial charge on any atom is 0.248 e. The van der Waals surface area contributed by atoms with Gasteiger partial charge in [-0.1, -0.05) is 6.92 Å². The Morgan fingerprint density at radius 1 is 1.50 bits per heavy atom. The zero-order valence-electron chi connectivity index (χ0n) is 10.9. The Kier molecular flexibility index (Phi) is 3.11. The van der Waals surface area contributed by atoms with Gasteiger partial charge in [0.1, 0.15) is 12.1 Å². The molecule has 1 atom stereocenters. The first-order chi connectivity index (χ1) is 8.44. The molecule has 1 aliphatic heterocycles. The number of hydrogen-bond donors (Lipinski definition) is 1. The monoisotopic (exact) mass is 250 g/mol. The molecule has 2 rings (SSSR count). The van der Waals surface area contributed by atoms with Gasteiger partial charge in [0.2, 0.25) is 11.8 Å². The van der Waals surface area contributed by atoms with Crippen LogP contribution in [-0.4, -0.2) is 38.6 Å². The number of nitrogens with one attached hydrogen (secondary N) is 1. The van der Waals surface area contributed by atoms with E-state index < -0.39 is 5.54 Å². The van der Waals surface area contributed by atoms with Crippen molar-refractivity contribution >= 4 is 11.8 Å². The molecule has 18 heavy (non-hydrogen) atoms. The molecule has 1 aromatic rings. The highest BCUT2D eigenvalue weighted by Gasteiger charge is 2.41. The van der Waals surface area contributed by atoms with E-state index in [0.717, 1.165) is 5.69 Å². The Morgan fingerprint density at radius 2 is 2.22 bits per heavy atom. The fraction of sp³-hybridized carbons (Fsp3) is 0.583.